The van der Waals surface area contributed by atoms with E-state index in [1.54, 1.807) is 0 Å². The van der Waals surface area contributed by atoms with Gasteiger partial charge in [-0.2, -0.15) is 0 Å². The van der Waals surface area contributed by atoms with E-state index in [9.17, 15) is 0 Å². The van der Waals surface area contributed by atoms with Crippen molar-refractivity contribution in [2.75, 3.05) is 0 Å². The third-order valence-electron chi connectivity index (χ3n) is 2.39. The molecular weight excluding hydrogens is 254 g/mol. The normalized spacial score (nSPS) is 12.8. The van der Waals surface area contributed by atoms with E-state index < -0.39 is 0 Å². The number of nitrogens with zero attached hydrogens (tertiary/aromatic N) is 2. The Morgan fingerprint density at radius 3 is 2.26 bits per heavy atom. The van der Waals surface area contributed by atoms with Crippen molar-refractivity contribution >= 4 is 11.8 Å². The topological polar surface area (TPSA) is 37.8 Å². The van der Waals surface area contributed by atoms with E-state index in [4.69, 9.17) is 0 Å². The van der Waals surface area contributed by atoms with Crippen LogP contribution < -0.4 is 5.32 Å². The molecule has 1 aromatic rings. The van der Waals surface area contributed by atoms with E-state index in [-0.39, 0.29) is 10.3 Å². The zero-order chi connectivity index (χ0) is 14.7. The number of hydrogen-bond donors (Lipinski definition) is 1. The molecule has 0 aliphatic carbocycles. The Hall–Kier alpha value is -0.610. The van der Waals surface area contributed by atoms with Gasteiger partial charge in [0.05, 0.1) is 11.4 Å². The van der Waals surface area contributed by atoms with Crippen molar-refractivity contribution in [1.29, 1.82) is 0 Å². The number of nitrogens with one attached hydrogen (secondary N) is 1. The lowest BCUT2D eigenvalue weighted by Gasteiger charge is -2.21. The fraction of sp³-hybridized carbons (Fsp3) is 0.733. The van der Waals surface area contributed by atoms with Crippen molar-refractivity contribution in [2.24, 2.45) is 0 Å². The molecule has 1 N–H and O–H groups in total. The summed E-state index contributed by atoms with van der Waals surface area (Å²) < 4.78 is 0.247. The molecule has 108 valence electrons. The van der Waals surface area contributed by atoms with Crippen LogP contribution in [0.15, 0.2) is 6.07 Å². The maximum atomic E-state index is 4.65. The van der Waals surface area contributed by atoms with Gasteiger partial charge in [-0.25, -0.2) is 9.97 Å². The van der Waals surface area contributed by atoms with Crippen LogP contribution in [0.25, 0.3) is 0 Å². The molecule has 0 radical (unpaired) electrons. The summed E-state index contributed by atoms with van der Waals surface area (Å²) in [5.74, 6) is 1.80. The van der Waals surface area contributed by atoms with Crippen molar-refractivity contribution in [3.63, 3.8) is 0 Å². The summed E-state index contributed by atoms with van der Waals surface area (Å²) in [6.07, 6.45) is 0. The molecule has 19 heavy (non-hydrogen) atoms. The van der Waals surface area contributed by atoms with Crippen LogP contribution in [0.2, 0.25) is 0 Å². The zero-order valence-electron chi connectivity index (χ0n) is 13.3. The van der Waals surface area contributed by atoms with Gasteiger partial charge in [-0.1, -0.05) is 20.8 Å². The molecule has 4 heteroatoms. The van der Waals surface area contributed by atoms with Gasteiger partial charge in [0.15, 0.2) is 0 Å². The summed E-state index contributed by atoms with van der Waals surface area (Å²) in [6.45, 7) is 16.0. The molecule has 0 bridgehead atoms. The molecule has 0 fully saturated rings. The third kappa shape index (κ3) is 7.53. The second-order valence-corrected chi connectivity index (χ2v) is 8.72. The highest BCUT2D eigenvalue weighted by Gasteiger charge is 2.13. The summed E-state index contributed by atoms with van der Waals surface area (Å²) in [5, 5.41) is 3.47. The van der Waals surface area contributed by atoms with E-state index in [1.165, 1.54) is 0 Å². The Balaban J connectivity index is 2.71. The first-order chi connectivity index (χ1) is 8.55. The molecule has 0 atom stereocenters. The maximum absolute atomic E-state index is 4.65. The SMILES string of the molecule is Cc1cc(CNC(C)(C)C)nc(CSC(C)(C)C)n1. The van der Waals surface area contributed by atoms with Gasteiger partial charge >= 0.3 is 0 Å². The first-order valence-electron chi connectivity index (χ1n) is 6.78. The standard InChI is InChI=1S/C15H27N3S/c1-11-8-12(9-16-14(2,3)4)18-13(17-11)10-19-15(5,6)7/h8,16H,9-10H2,1-7H3. The molecule has 0 aliphatic rings. The summed E-state index contributed by atoms with van der Waals surface area (Å²) in [7, 11) is 0. The monoisotopic (exact) mass is 281 g/mol. The van der Waals surface area contributed by atoms with Crippen molar-refractivity contribution in [1.82, 2.24) is 15.3 Å². The summed E-state index contributed by atoms with van der Waals surface area (Å²) in [6, 6.07) is 2.06. The van der Waals surface area contributed by atoms with Crippen molar-refractivity contribution in [2.45, 2.75) is 71.0 Å². The van der Waals surface area contributed by atoms with E-state index in [0.717, 1.165) is 29.5 Å². The first kappa shape index (κ1) is 16.4. The maximum Gasteiger partial charge on any atom is 0.138 e. The number of aromatic nitrogens is 2. The molecule has 0 saturated heterocycles. The zero-order valence-corrected chi connectivity index (χ0v) is 14.1. The predicted molar refractivity (Wildman–Crippen MR) is 84.4 cm³/mol. The van der Waals surface area contributed by atoms with Crippen molar-refractivity contribution in [3.05, 3.63) is 23.3 Å². The smallest absolute Gasteiger partial charge is 0.138 e. The summed E-state index contributed by atoms with van der Waals surface area (Å²) in [5.41, 5.74) is 2.23. The van der Waals surface area contributed by atoms with Gasteiger partial charge in [0.25, 0.3) is 0 Å². The Morgan fingerprint density at radius 2 is 1.74 bits per heavy atom. The summed E-state index contributed by atoms with van der Waals surface area (Å²) in [4.78, 5) is 9.17. The lowest BCUT2D eigenvalue weighted by Crippen LogP contribution is -2.35. The van der Waals surface area contributed by atoms with Gasteiger partial charge in [-0.15, -0.1) is 11.8 Å². The van der Waals surface area contributed by atoms with Crippen LogP contribution in [0.5, 0.6) is 0 Å². The molecule has 0 spiro atoms. The highest BCUT2D eigenvalue weighted by Crippen LogP contribution is 2.26. The molecule has 3 nitrogen and oxygen atoms in total. The van der Waals surface area contributed by atoms with Gasteiger partial charge in [0, 0.05) is 22.5 Å². The predicted octanol–water partition coefficient (Wildman–Crippen LogP) is 3.70. The molecule has 1 aromatic heterocycles. The average Bonchev–Trinajstić information content (AvgIpc) is 2.21. The molecule has 0 saturated carbocycles. The van der Waals surface area contributed by atoms with Crippen molar-refractivity contribution in [3.8, 4) is 0 Å². The van der Waals surface area contributed by atoms with E-state index in [2.05, 4.69) is 62.9 Å². The first-order valence-corrected chi connectivity index (χ1v) is 7.76. The Bertz CT molecular complexity index is 380. The molecular formula is C15H27N3S. The van der Waals surface area contributed by atoms with E-state index >= 15 is 0 Å². The van der Waals surface area contributed by atoms with Crippen LogP contribution >= 0.6 is 11.8 Å². The van der Waals surface area contributed by atoms with E-state index in [1.807, 2.05) is 18.7 Å². The van der Waals surface area contributed by atoms with Crippen LogP contribution in [-0.2, 0) is 12.3 Å². The van der Waals surface area contributed by atoms with Crippen LogP contribution in [0.3, 0.4) is 0 Å². The average molecular weight is 281 g/mol. The van der Waals surface area contributed by atoms with Crippen LogP contribution in [-0.4, -0.2) is 20.3 Å². The minimum atomic E-state index is 0.110. The molecule has 0 aliphatic heterocycles. The van der Waals surface area contributed by atoms with Gasteiger partial charge < -0.3 is 5.32 Å². The highest BCUT2D eigenvalue weighted by atomic mass is 32.2. The van der Waals surface area contributed by atoms with Crippen LogP contribution in [0.1, 0.15) is 58.8 Å². The summed E-state index contributed by atoms with van der Waals surface area (Å²) >= 11 is 1.88. The number of hydrogen-bond acceptors (Lipinski definition) is 4. The molecule has 0 aromatic carbocycles. The second-order valence-electron chi connectivity index (χ2n) is 6.92. The molecule has 1 rings (SSSR count). The van der Waals surface area contributed by atoms with E-state index in [0.29, 0.717) is 0 Å². The fourth-order valence-corrected chi connectivity index (χ4v) is 2.18. The lowest BCUT2D eigenvalue weighted by atomic mass is 10.1. The highest BCUT2D eigenvalue weighted by molar-refractivity contribution is 7.99. The van der Waals surface area contributed by atoms with Gasteiger partial charge in [-0.3, -0.25) is 0 Å². The van der Waals surface area contributed by atoms with Gasteiger partial charge in [-0.05, 0) is 33.8 Å². The molecule has 0 amide bonds. The number of aryl methyl sites for hydroxylation is 1. The Kier molecular flexibility index (Phi) is 5.39. The quantitative estimate of drug-likeness (QED) is 0.913. The van der Waals surface area contributed by atoms with Gasteiger partial charge in [0.1, 0.15) is 5.82 Å². The third-order valence-corrected chi connectivity index (χ3v) is 3.66. The minimum absolute atomic E-state index is 0.110. The van der Waals surface area contributed by atoms with Crippen molar-refractivity contribution < 1.29 is 0 Å². The molecule has 0 unspecified atom stereocenters. The Morgan fingerprint density at radius 1 is 1.11 bits per heavy atom. The minimum Gasteiger partial charge on any atom is -0.306 e. The second kappa shape index (κ2) is 6.23. The lowest BCUT2D eigenvalue weighted by molar-refractivity contribution is 0.420. The number of rotatable bonds is 4. The fourth-order valence-electron chi connectivity index (χ4n) is 1.49. The van der Waals surface area contributed by atoms with Crippen LogP contribution in [0.4, 0.5) is 0 Å². The molecule has 1 heterocycles. The number of thioether (sulfide) groups is 1. The largest absolute Gasteiger partial charge is 0.306 e. The van der Waals surface area contributed by atoms with Crippen LogP contribution in [0, 0.1) is 6.92 Å². The Labute approximate surface area is 122 Å². The van der Waals surface area contributed by atoms with Gasteiger partial charge in [0.2, 0.25) is 0 Å².